The molecule has 0 spiro atoms. The number of anilines is 1. The second kappa shape index (κ2) is 5.66. The van der Waals surface area contributed by atoms with Gasteiger partial charge in [-0.05, 0) is 25.5 Å². The lowest BCUT2D eigenvalue weighted by Gasteiger charge is -2.18. The van der Waals surface area contributed by atoms with Crippen molar-refractivity contribution in [3.63, 3.8) is 0 Å². The highest BCUT2D eigenvalue weighted by Gasteiger charge is 2.25. The topological polar surface area (TPSA) is 66.5 Å². The summed E-state index contributed by atoms with van der Waals surface area (Å²) < 4.78 is 13.6. The third-order valence-electron chi connectivity index (χ3n) is 2.91. The molecule has 2 rings (SSSR count). The van der Waals surface area contributed by atoms with Crippen LogP contribution in [0, 0.1) is 5.82 Å². The van der Waals surface area contributed by atoms with Crippen molar-refractivity contribution in [2.45, 2.75) is 19.4 Å². The molecule has 1 aliphatic heterocycles. The van der Waals surface area contributed by atoms with Gasteiger partial charge in [0.25, 0.3) is 0 Å². The van der Waals surface area contributed by atoms with Crippen molar-refractivity contribution in [2.75, 3.05) is 24.5 Å². The number of guanidine groups is 1. The van der Waals surface area contributed by atoms with Crippen LogP contribution in [0.3, 0.4) is 0 Å². The summed E-state index contributed by atoms with van der Waals surface area (Å²) in [5, 5.41) is 3.13. The molecule has 5 nitrogen and oxygen atoms in total. The van der Waals surface area contributed by atoms with E-state index in [0.29, 0.717) is 24.9 Å². The van der Waals surface area contributed by atoms with Gasteiger partial charge in [-0.1, -0.05) is 0 Å². The standard InChI is InChI=1S/C12H18FN5/c1-2-15-12(14)17-9-5-7-18(8-9)11-10(13)4-3-6-16-11/h3-4,6,9H,2,5,7-8H2,1H3,(H3,14,15,17). The van der Waals surface area contributed by atoms with Gasteiger partial charge < -0.3 is 16.0 Å². The fraction of sp³-hybridized carbons (Fsp3) is 0.500. The minimum Gasteiger partial charge on any atom is -0.370 e. The van der Waals surface area contributed by atoms with E-state index in [-0.39, 0.29) is 11.9 Å². The maximum absolute atomic E-state index is 13.6. The Morgan fingerprint density at radius 2 is 2.56 bits per heavy atom. The molecule has 1 unspecified atom stereocenters. The number of nitrogens with two attached hydrogens (primary N) is 1. The van der Waals surface area contributed by atoms with Crippen molar-refractivity contribution < 1.29 is 4.39 Å². The lowest BCUT2D eigenvalue weighted by molar-refractivity contribution is 0.613. The molecule has 6 heteroatoms. The molecule has 2 heterocycles. The Morgan fingerprint density at radius 1 is 1.72 bits per heavy atom. The van der Waals surface area contributed by atoms with E-state index in [1.165, 1.54) is 6.07 Å². The van der Waals surface area contributed by atoms with Crippen molar-refractivity contribution >= 4 is 11.8 Å². The van der Waals surface area contributed by atoms with Crippen molar-refractivity contribution in [3.05, 3.63) is 24.1 Å². The van der Waals surface area contributed by atoms with E-state index in [4.69, 9.17) is 5.73 Å². The van der Waals surface area contributed by atoms with Gasteiger partial charge in [0, 0.05) is 31.9 Å². The number of halogens is 1. The Balaban J connectivity index is 1.97. The van der Waals surface area contributed by atoms with Crippen LogP contribution < -0.4 is 16.0 Å². The van der Waals surface area contributed by atoms with Gasteiger partial charge >= 0.3 is 0 Å². The summed E-state index contributed by atoms with van der Waals surface area (Å²) in [5.41, 5.74) is 5.71. The summed E-state index contributed by atoms with van der Waals surface area (Å²) in [6, 6.07) is 3.22. The smallest absolute Gasteiger partial charge is 0.188 e. The zero-order chi connectivity index (χ0) is 13.0. The summed E-state index contributed by atoms with van der Waals surface area (Å²) >= 11 is 0. The first-order valence-corrected chi connectivity index (χ1v) is 6.12. The molecule has 1 fully saturated rings. The number of pyridine rings is 1. The molecule has 0 bridgehead atoms. The van der Waals surface area contributed by atoms with Crippen LogP contribution in [0.15, 0.2) is 23.3 Å². The predicted molar refractivity (Wildman–Crippen MR) is 70.1 cm³/mol. The fourth-order valence-corrected chi connectivity index (χ4v) is 2.11. The van der Waals surface area contributed by atoms with Crippen molar-refractivity contribution in [3.8, 4) is 0 Å². The molecule has 1 aromatic heterocycles. The summed E-state index contributed by atoms with van der Waals surface area (Å²) in [5.74, 6) is 0.576. The Hall–Kier alpha value is -1.85. The van der Waals surface area contributed by atoms with E-state index >= 15 is 0 Å². The molecular formula is C12H18FN5. The molecule has 98 valence electrons. The highest BCUT2D eigenvalue weighted by molar-refractivity contribution is 5.78. The first-order valence-electron chi connectivity index (χ1n) is 6.12. The number of nitrogens with zero attached hydrogens (tertiary/aromatic N) is 3. The number of hydrogen-bond acceptors (Lipinski definition) is 3. The van der Waals surface area contributed by atoms with Gasteiger partial charge in [0.2, 0.25) is 0 Å². The van der Waals surface area contributed by atoms with E-state index < -0.39 is 0 Å². The van der Waals surface area contributed by atoms with E-state index in [1.807, 2.05) is 11.8 Å². The van der Waals surface area contributed by atoms with E-state index in [9.17, 15) is 4.39 Å². The molecule has 3 N–H and O–H groups in total. The van der Waals surface area contributed by atoms with Crippen LogP contribution in [0.25, 0.3) is 0 Å². The third-order valence-corrected chi connectivity index (χ3v) is 2.91. The summed E-state index contributed by atoms with van der Waals surface area (Å²) in [4.78, 5) is 10.1. The van der Waals surface area contributed by atoms with Crippen LogP contribution in [-0.2, 0) is 0 Å². The first kappa shape index (κ1) is 12.6. The van der Waals surface area contributed by atoms with Crippen molar-refractivity contribution in [1.82, 2.24) is 10.3 Å². The Kier molecular flexibility index (Phi) is 3.96. The van der Waals surface area contributed by atoms with Gasteiger partial charge in [-0.25, -0.2) is 9.37 Å². The number of rotatable bonds is 3. The van der Waals surface area contributed by atoms with Gasteiger partial charge in [-0.3, -0.25) is 4.99 Å². The summed E-state index contributed by atoms with van der Waals surface area (Å²) in [6.07, 6.45) is 2.50. The lowest BCUT2D eigenvalue weighted by Crippen LogP contribution is -2.41. The Morgan fingerprint density at radius 3 is 3.28 bits per heavy atom. The van der Waals surface area contributed by atoms with Crippen LogP contribution in [-0.4, -0.2) is 36.6 Å². The third kappa shape index (κ3) is 2.88. The zero-order valence-electron chi connectivity index (χ0n) is 10.4. The monoisotopic (exact) mass is 251 g/mol. The quantitative estimate of drug-likeness (QED) is 0.614. The maximum atomic E-state index is 13.6. The normalized spacial score (nSPS) is 20.2. The van der Waals surface area contributed by atoms with Crippen LogP contribution in [0.1, 0.15) is 13.3 Å². The van der Waals surface area contributed by atoms with E-state index in [2.05, 4.69) is 15.3 Å². The highest BCUT2D eigenvalue weighted by Crippen LogP contribution is 2.20. The average Bonchev–Trinajstić information content (AvgIpc) is 2.78. The Labute approximate surface area is 106 Å². The number of aliphatic imine (C=N–C) groups is 1. The van der Waals surface area contributed by atoms with Gasteiger partial charge in [0.15, 0.2) is 17.6 Å². The van der Waals surface area contributed by atoms with Gasteiger partial charge in [-0.15, -0.1) is 0 Å². The molecule has 18 heavy (non-hydrogen) atoms. The van der Waals surface area contributed by atoms with E-state index in [0.717, 1.165) is 13.0 Å². The van der Waals surface area contributed by atoms with Gasteiger partial charge in [0.1, 0.15) is 0 Å². The number of hydrogen-bond donors (Lipinski definition) is 2. The van der Waals surface area contributed by atoms with Crippen LogP contribution in [0.2, 0.25) is 0 Å². The predicted octanol–water partition coefficient (Wildman–Crippen LogP) is 0.724. The van der Waals surface area contributed by atoms with Crippen LogP contribution in [0.5, 0.6) is 0 Å². The fourth-order valence-electron chi connectivity index (χ4n) is 2.11. The van der Waals surface area contributed by atoms with Crippen molar-refractivity contribution in [1.29, 1.82) is 0 Å². The zero-order valence-corrected chi connectivity index (χ0v) is 10.4. The largest absolute Gasteiger partial charge is 0.370 e. The number of nitrogens with one attached hydrogen (secondary N) is 1. The molecular weight excluding hydrogens is 233 g/mol. The minimum atomic E-state index is -0.284. The molecule has 1 atom stereocenters. The molecule has 1 saturated heterocycles. The molecule has 0 aromatic carbocycles. The second-order valence-electron chi connectivity index (χ2n) is 4.24. The molecule has 0 radical (unpaired) electrons. The number of aromatic nitrogens is 1. The highest BCUT2D eigenvalue weighted by atomic mass is 19.1. The van der Waals surface area contributed by atoms with Gasteiger partial charge in [0.05, 0.1) is 0 Å². The lowest BCUT2D eigenvalue weighted by atomic mass is 10.3. The molecule has 1 aromatic rings. The van der Waals surface area contributed by atoms with Crippen molar-refractivity contribution in [2.24, 2.45) is 10.7 Å². The molecule has 1 aliphatic rings. The minimum absolute atomic E-state index is 0.196. The Bertz CT molecular complexity index is 434. The summed E-state index contributed by atoms with van der Waals surface area (Å²) in [7, 11) is 0. The molecule has 0 saturated carbocycles. The van der Waals surface area contributed by atoms with E-state index in [1.54, 1.807) is 12.3 Å². The second-order valence-corrected chi connectivity index (χ2v) is 4.24. The van der Waals surface area contributed by atoms with Crippen LogP contribution >= 0.6 is 0 Å². The SMILES string of the molecule is CCN=C(N)NC1CCN(c2ncccc2F)C1. The summed E-state index contributed by atoms with van der Waals surface area (Å²) in [6.45, 7) is 4.04. The molecule has 0 amide bonds. The van der Waals surface area contributed by atoms with Crippen LogP contribution in [0.4, 0.5) is 10.2 Å². The maximum Gasteiger partial charge on any atom is 0.188 e. The molecule has 0 aliphatic carbocycles. The average molecular weight is 251 g/mol. The first-order chi connectivity index (χ1) is 8.70. The van der Waals surface area contributed by atoms with Gasteiger partial charge in [-0.2, -0.15) is 0 Å².